The number of ether oxygens (including phenoxy) is 1. The molecule has 2 rings (SSSR count). The fourth-order valence-corrected chi connectivity index (χ4v) is 2.54. The topological polar surface area (TPSA) is 67.4 Å². The van der Waals surface area contributed by atoms with Crippen molar-refractivity contribution < 1.29 is 14.3 Å². The SMILES string of the molecule is CC(C)Oc1ccccc1C(=O)NNC(=O)c1ccccc1I. The van der Waals surface area contributed by atoms with Crippen LogP contribution in [-0.4, -0.2) is 17.9 Å². The van der Waals surface area contributed by atoms with Crippen molar-refractivity contribution in [1.29, 1.82) is 0 Å². The first-order valence-corrected chi connectivity index (χ1v) is 8.18. The molecule has 0 spiro atoms. The van der Waals surface area contributed by atoms with Crippen molar-refractivity contribution in [3.63, 3.8) is 0 Å². The number of rotatable bonds is 4. The van der Waals surface area contributed by atoms with Gasteiger partial charge in [-0.25, -0.2) is 0 Å². The first-order valence-electron chi connectivity index (χ1n) is 7.10. The number of nitrogens with one attached hydrogen (secondary N) is 2. The number of halogens is 1. The molecular weight excluding hydrogens is 407 g/mol. The van der Waals surface area contributed by atoms with Gasteiger partial charge in [0.25, 0.3) is 11.8 Å². The van der Waals surface area contributed by atoms with Crippen molar-refractivity contribution in [2.45, 2.75) is 20.0 Å². The Morgan fingerprint density at radius 2 is 1.43 bits per heavy atom. The van der Waals surface area contributed by atoms with Gasteiger partial charge < -0.3 is 4.74 Å². The van der Waals surface area contributed by atoms with Gasteiger partial charge in [-0.15, -0.1) is 0 Å². The van der Waals surface area contributed by atoms with Crippen molar-refractivity contribution in [2.24, 2.45) is 0 Å². The van der Waals surface area contributed by atoms with Crippen LogP contribution in [0.2, 0.25) is 0 Å². The van der Waals surface area contributed by atoms with Crippen molar-refractivity contribution in [3.05, 3.63) is 63.2 Å². The van der Waals surface area contributed by atoms with Gasteiger partial charge in [0.15, 0.2) is 0 Å². The molecule has 0 aromatic heterocycles. The standard InChI is InChI=1S/C17H17IN2O3/c1-11(2)23-15-10-6-4-8-13(15)17(22)20-19-16(21)12-7-3-5-9-14(12)18/h3-11H,1-2H3,(H,19,21)(H,20,22). The van der Waals surface area contributed by atoms with Crippen LogP contribution in [0, 0.1) is 3.57 Å². The fraction of sp³-hybridized carbons (Fsp3) is 0.176. The Morgan fingerprint density at radius 1 is 0.913 bits per heavy atom. The molecule has 0 aliphatic rings. The van der Waals surface area contributed by atoms with E-state index >= 15 is 0 Å². The molecule has 120 valence electrons. The highest BCUT2D eigenvalue weighted by Crippen LogP contribution is 2.19. The number of carbonyl (C=O) groups excluding carboxylic acids is 2. The van der Waals surface area contributed by atoms with E-state index in [9.17, 15) is 9.59 Å². The minimum atomic E-state index is -0.430. The van der Waals surface area contributed by atoms with Gasteiger partial charge in [0, 0.05) is 3.57 Å². The summed E-state index contributed by atoms with van der Waals surface area (Å²) < 4.78 is 6.41. The van der Waals surface area contributed by atoms with E-state index in [0.717, 1.165) is 3.57 Å². The summed E-state index contributed by atoms with van der Waals surface area (Å²) in [5.74, 6) is -0.324. The third kappa shape index (κ3) is 4.69. The number of hydrogen-bond donors (Lipinski definition) is 2. The average molecular weight is 424 g/mol. The van der Waals surface area contributed by atoms with Crippen LogP contribution in [0.4, 0.5) is 0 Å². The molecule has 23 heavy (non-hydrogen) atoms. The number of carbonyl (C=O) groups is 2. The molecule has 5 nitrogen and oxygen atoms in total. The number of amides is 2. The predicted molar refractivity (Wildman–Crippen MR) is 96.3 cm³/mol. The highest BCUT2D eigenvalue weighted by atomic mass is 127. The number of hydrogen-bond acceptors (Lipinski definition) is 3. The summed E-state index contributed by atoms with van der Waals surface area (Å²) in [7, 11) is 0. The van der Waals surface area contributed by atoms with Crippen LogP contribution in [-0.2, 0) is 0 Å². The first kappa shape index (κ1) is 17.3. The van der Waals surface area contributed by atoms with E-state index in [4.69, 9.17) is 4.74 Å². The molecule has 0 saturated carbocycles. The highest BCUT2D eigenvalue weighted by molar-refractivity contribution is 14.1. The van der Waals surface area contributed by atoms with E-state index in [1.54, 1.807) is 36.4 Å². The van der Waals surface area contributed by atoms with Gasteiger partial charge in [-0.05, 0) is 60.7 Å². The minimum absolute atomic E-state index is 0.0514. The molecule has 0 heterocycles. The van der Waals surface area contributed by atoms with E-state index in [1.165, 1.54) is 0 Å². The monoisotopic (exact) mass is 424 g/mol. The summed E-state index contributed by atoms with van der Waals surface area (Å²) in [6, 6.07) is 14.0. The van der Waals surface area contributed by atoms with Gasteiger partial charge in [-0.2, -0.15) is 0 Å². The zero-order valence-corrected chi connectivity index (χ0v) is 15.0. The molecule has 2 amide bonds. The highest BCUT2D eigenvalue weighted by Gasteiger charge is 2.15. The average Bonchev–Trinajstić information content (AvgIpc) is 2.52. The van der Waals surface area contributed by atoms with Crippen LogP contribution in [0.15, 0.2) is 48.5 Å². The molecule has 0 atom stereocenters. The molecule has 2 aromatic carbocycles. The van der Waals surface area contributed by atoms with Gasteiger partial charge in [-0.1, -0.05) is 24.3 Å². The molecule has 0 saturated heterocycles. The zero-order valence-electron chi connectivity index (χ0n) is 12.8. The largest absolute Gasteiger partial charge is 0.490 e. The lowest BCUT2D eigenvalue weighted by Crippen LogP contribution is -2.42. The van der Waals surface area contributed by atoms with Gasteiger partial charge in [-0.3, -0.25) is 20.4 Å². The van der Waals surface area contributed by atoms with Gasteiger partial charge in [0.1, 0.15) is 5.75 Å². The molecule has 0 unspecified atom stereocenters. The number of para-hydroxylation sites is 1. The summed E-state index contributed by atoms with van der Waals surface area (Å²) in [5, 5.41) is 0. The van der Waals surface area contributed by atoms with Crippen LogP contribution >= 0.6 is 22.6 Å². The molecule has 2 aromatic rings. The Hall–Kier alpha value is -2.09. The van der Waals surface area contributed by atoms with Crippen molar-refractivity contribution >= 4 is 34.4 Å². The molecule has 0 aliphatic heterocycles. The number of benzene rings is 2. The Kier molecular flexibility index (Phi) is 5.97. The molecule has 0 radical (unpaired) electrons. The Balaban J connectivity index is 2.06. The molecule has 0 aliphatic carbocycles. The number of hydrazine groups is 1. The second-order valence-corrected chi connectivity index (χ2v) is 6.21. The minimum Gasteiger partial charge on any atom is -0.490 e. The van der Waals surface area contributed by atoms with Crippen LogP contribution in [0.25, 0.3) is 0 Å². The summed E-state index contributed by atoms with van der Waals surface area (Å²) >= 11 is 2.07. The second-order valence-electron chi connectivity index (χ2n) is 5.05. The third-order valence-electron chi connectivity index (χ3n) is 2.90. The maximum atomic E-state index is 12.3. The lowest BCUT2D eigenvalue weighted by molar-refractivity contribution is 0.0842. The Labute approximate surface area is 148 Å². The smallest absolute Gasteiger partial charge is 0.273 e. The summed E-state index contributed by atoms with van der Waals surface area (Å²) in [6.45, 7) is 3.77. The van der Waals surface area contributed by atoms with Crippen molar-refractivity contribution in [1.82, 2.24) is 10.9 Å². The summed E-state index contributed by atoms with van der Waals surface area (Å²) in [5.41, 5.74) is 5.70. The maximum Gasteiger partial charge on any atom is 0.273 e. The molecule has 0 bridgehead atoms. The van der Waals surface area contributed by atoms with E-state index in [-0.39, 0.29) is 12.0 Å². The van der Waals surface area contributed by atoms with Gasteiger partial charge >= 0.3 is 0 Å². The van der Waals surface area contributed by atoms with E-state index in [0.29, 0.717) is 16.9 Å². The molecule has 6 heteroatoms. The van der Waals surface area contributed by atoms with Gasteiger partial charge in [0.05, 0.1) is 17.2 Å². The summed E-state index contributed by atoms with van der Waals surface area (Å²) in [4.78, 5) is 24.4. The normalized spacial score (nSPS) is 10.3. The summed E-state index contributed by atoms with van der Waals surface area (Å²) in [6.07, 6.45) is -0.0514. The second kappa shape index (κ2) is 7.96. The third-order valence-corrected chi connectivity index (χ3v) is 3.84. The van der Waals surface area contributed by atoms with E-state index < -0.39 is 5.91 Å². The molecule has 2 N–H and O–H groups in total. The fourth-order valence-electron chi connectivity index (χ4n) is 1.90. The zero-order chi connectivity index (χ0) is 16.8. The van der Waals surface area contributed by atoms with Crippen LogP contribution in [0.5, 0.6) is 5.75 Å². The van der Waals surface area contributed by atoms with E-state index in [1.807, 2.05) is 26.0 Å². The van der Waals surface area contributed by atoms with E-state index in [2.05, 4.69) is 33.4 Å². The Morgan fingerprint density at radius 3 is 2.04 bits per heavy atom. The Bertz CT molecular complexity index is 716. The van der Waals surface area contributed by atoms with Gasteiger partial charge in [0.2, 0.25) is 0 Å². The van der Waals surface area contributed by atoms with Crippen LogP contribution in [0.1, 0.15) is 34.6 Å². The van der Waals surface area contributed by atoms with Crippen LogP contribution < -0.4 is 15.6 Å². The maximum absolute atomic E-state index is 12.3. The molecular formula is C17H17IN2O3. The predicted octanol–water partition coefficient (Wildman–Crippen LogP) is 3.15. The quantitative estimate of drug-likeness (QED) is 0.586. The van der Waals surface area contributed by atoms with Crippen LogP contribution in [0.3, 0.4) is 0 Å². The first-order chi connectivity index (χ1) is 11.0. The lowest BCUT2D eigenvalue weighted by atomic mass is 10.2. The lowest BCUT2D eigenvalue weighted by Gasteiger charge is -2.14. The van der Waals surface area contributed by atoms with Crippen molar-refractivity contribution in [3.8, 4) is 5.75 Å². The van der Waals surface area contributed by atoms with Crippen molar-refractivity contribution in [2.75, 3.05) is 0 Å². The molecule has 0 fully saturated rings.